The molecular weight excluding hydrogens is 546 g/mol. The predicted molar refractivity (Wildman–Crippen MR) is 191 cm³/mol. The summed E-state index contributed by atoms with van der Waals surface area (Å²) in [5, 5.41) is 7.51. The van der Waals surface area contributed by atoms with Gasteiger partial charge >= 0.3 is 0 Å². The zero-order valence-corrected chi connectivity index (χ0v) is 24.7. The standard InChI is InChI=1S/C42H27N3/c1-2-44-42-32-21-22-33(29-16-8-18-31(37(29)32)41(42)43)45-34-19-9-15-28-27-14-6-12-25-13-7-17-30(36(25)27)38-26(24-10-4-3-5-11-24)20-23-35(45)40(38)39(28)34/h2-23H,43H2,1H3. The molecule has 0 radical (unpaired) electrons. The van der Waals surface area contributed by atoms with E-state index in [-0.39, 0.29) is 0 Å². The Kier molecular flexibility index (Phi) is 4.80. The Morgan fingerprint density at radius 3 is 2.04 bits per heavy atom. The second-order valence-electron chi connectivity index (χ2n) is 12.0. The van der Waals surface area contributed by atoms with E-state index in [1.54, 1.807) is 0 Å². The van der Waals surface area contributed by atoms with Crippen LogP contribution in [-0.2, 0) is 0 Å². The van der Waals surface area contributed by atoms with Crippen molar-refractivity contribution in [3.05, 3.63) is 139 Å². The molecule has 8 aromatic rings. The minimum Gasteiger partial charge on any atom is -0.396 e. The van der Waals surface area contributed by atoms with E-state index in [4.69, 9.17) is 5.73 Å². The second kappa shape index (κ2) is 8.81. The lowest BCUT2D eigenvalue weighted by molar-refractivity contribution is 1.20. The van der Waals surface area contributed by atoms with E-state index in [9.17, 15) is 0 Å². The van der Waals surface area contributed by atoms with Crippen LogP contribution in [0.2, 0.25) is 0 Å². The molecule has 3 nitrogen and oxygen atoms in total. The number of fused-ring (bicyclic) bond motifs is 2. The molecule has 1 aromatic heterocycles. The van der Waals surface area contributed by atoms with E-state index in [2.05, 4.69) is 137 Å². The lowest BCUT2D eigenvalue weighted by Crippen LogP contribution is -1.98. The molecule has 45 heavy (non-hydrogen) atoms. The predicted octanol–water partition coefficient (Wildman–Crippen LogP) is 10.6. The number of hydrogen-bond acceptors (Lipinski definition) is 2. The van der Waals surface area contributed by atoms with Crippen LogP contribution in [0.3, 0.4) is 0 Å². The summed E-state index contributed by atoms with van der Waals surface area (Å²) in [4.78, 5) is 4.68. The van der Waals surface area contributed by atoms with Crippen molar-refractivity contribution in [1.29, 1.82) is 0 Å². The van der Waals surface area contributed by atoms with Crippen molar-refractivity contribution in [2.75, 3.05) is 0 Å². The number of hydrogen-bond donors (Lipinski definition) is 1. The third kappa shape index (κ3) is 3.07. The molecule has 2 aliphatic carbocycles. The van der Waals surface area contributed by atoms with Gasteiger partial charge in [-0.15, -0.1) is 0 Å². The van der Waals surface area contributed by atoms with Gasteiger partial charge in [0.1, 0.15) is 0 Å². The highest BCUT2D eigenvalue weighted by atomic mass is 15.0. The first kappa shape index (κ1) is 24.5. The lowest BCUT2D eigenvalue weighted by atomic mass is 9.89. The Morgan fingerprint density at radius 2 is 1.22 bits per heavy atom. The quantitative estimate of drug-likeness (QED) is 0.210. The zero-order chi connectivity index (χ0) is 29.8. The average molecular weight is 574 g/mol. The minimum absolute atomic E-state index is 0.740. The second-order valence-corrected chi connectivity index (χ2v) is 12.0. The molecule has 10 rings (SSSR count). The SMILES string of the molecule is CC=NC1=C(N)c2cccc3c(-n4c5cccc6c5c5c(c(-c7ccccc7)ccc54)-c4cccc5cccc-6c45)ccc1c23. The molecule has 0 unspecified atom stereocenters. The summed E-state index contributed by atoms with van der Waals surface area (Å²) in [7, 11) is 0. The van der Waals surface area contributed by atoms with Crippen molar-refractivity contribution in [3.63, 3.8) is 0 Å². The van der Waals surface area contributed by atoms with Crippen LogP contribution in [0, 0.1) is 0 Å². The summed E-state index contributed by atoms with van der Waals surface area (Å²) in [5.41, 5.74) is 21.6. The van der Waals surface area contributed by atoms with Gasteiger partial charge in [0, 0.05) is 44.4 Å². The van der Waals surface area contributed by atoms with Crippen molar-refractivity contribution in [3.8, 4) is 39.1 Å². The molecule has 0 spiro atoms. The van der Waals surface area contributed by atoms with Gasteiger partial charge in [0.2, 0.25) is 0 Å². The Labute approximate surface area is 260 Å². The fraction of sp³-hybridized carbons (Fsp3) is 0.0238. The molecule has 0 fully saturated rings. The summed E-state index contributed by atoms with van der Waals surface area (Å²) in [6.07, 6.45) is 1.82. The molecule has 210 valence electrons. The third-order valence-corrected chi connectivity index (χ3v) is 9.82. The Bertz CT molecular complexity index is 2650. The molecule has 0 saturated carbocycles. The van der Waals surface area contributed by atoms with E-state index in [0.717, 1.165) is 28.2 Å². The molecule has 0 atom stereocenters. The van der Waals surface area contributed by atoms with Gasteiger partial charge in [-0.2, -0.15) is 0 Å². The highest BCUT2D eigenvalue weighted by molar-refractivity contribution is 6.29. The number of rotatable bonds is 3. The number of aromatic nitrogens is 1. The van der Waals surface area contributed by atoms with E-state index >= 15 is 0 Å². The first-order valence-electron chi connectivity index (χ1n) is 15.5. The summed E-state index contributed by atoms with van der Waals surface area (Å²) in [5.74, 6) is 0. The molecule has 2 N–H and O–H groups in total. The molecule has 2 aliphatic rings. The highest BCUT2D eigenvalue weighted by Crippen LogP contribution is 2.53. The van der Waals surface area contributed by atoms with Gasteiger partial charge < -0.3 is 10.3 Å². The number of aliphatic imine (C=N–C) groups is 1. The molecule has 7 aromatic carbocycles. The van der Waals surface area contributed by atoms with Gasteiger partial charge in [-0.05, 0) is 69.8 Å². The van der Waals surface area contributed by atoms with Crippen LogP contribution >= 0.6 is 0 Å². The maximum absolute atomic E-state index is 6.70. The monoisotopic (exact) mass is 573 g/mol. The summed E-state index contributed by atoms with van der Waals surface area (Å²) >= 11 is 0. The van der Waals surface area contributed by atoms with Crippen LogP contribution in [0.1, 0.15) is 18.1 Å². The minimum atomic E-state index is 0.740. The number of benzene rings is 7. The van der Waals surface area contributed by atoms with Crippen molar-refractivity contribution in [2.45, 2.75) is 6.92 Å². The molecular formula is C42H27N3. The Morgan fingerprint density at radius 1 is 0.533 bits per heavy atom. The Balaban J connectivity index is 1.41. The van der Waals surface area contributed by atoms with Gasteiger partial charge in [0.25, 0.3) is 0 Å². The number of nitrogens with zero attached hydrogens (tertiary/aromatic N) is 2. The van der Waals surface area contributed by atoms with E-state index in [1.807, 2.05) is 13.1 Å². The fourth-order valence-corrected chi connectivity index (χ4v) is 8.09. The fourth-order valence-electron chi connectivity index (χ4n) is 8.09. The highest BCUT2D eigenvalue weighted by Gasteiger charge is 2.29. The van der Waals surface area contributed by atoms with Crippen molar-refractivity contribution in [1.82, 2.24) is 4.57 Å². The van der Waals surface area contributed by atoms with Crippen LogP contribution in [0.25, 0.3) is 93.8 Å². The lowest BCUT2D eigenvalue weighted by Gasteiger charge is -2.17. The van der Waals surface area contributed by atoms with E-state index in [0.29, 0.717) is 0 Å². The normalized spacial score (nSPS) is 13.4. The zero-order valence-electron chi connectivity index (χ0n) is 24.7. The molecule has 0 amide bonds. The van der Waals surface area contributed by atoms with E-state index in [1.165, 1.54) is 76.7 Å². The van der Waals surface area contributed by atoms with Crippen LogP contribution in [0.5, 0.6) is 0 Å². The topological polar surface area (TPSA) is 43.3 Å². The molecule has 3 heteroatoms. The summed E-state index contributed by atoms with van der Waals surface area (Å²) in [6, 6.07) is 46.7. The summed E-state index contributed by atoms with van der Waals surface area (Å²) in [6.45, 7) is 1.94. The maximum atomic E-state index is 6.70. The van der Waals surface area contributed by atoms with Gasteiger partial charge in [0.05, 0.1) is 28.1 Å². The van der Waals surface area contributed by atoms with Crippen molar-refractivity contribution >= 4 is 61.0 Å². The van der Waals surface area contributed by atoms with Crippen LogP contribution in [0.4, 0.5) is 0 Å². The molecule has 1 heterocycles. The maximum Gasteiger partial charge on any atom is 0.0939 e. The van der Waals surface area contributed by atoms with E-state index < -0.39 is 0 Å². The Hall–Kier alpha value is -5.93. The van der Waals surface area contributed by atoms with Crippen LogP contribution in [0.15, 0.2) is 132 Å². The van der Waals surface area contributed by atoms with Gasteiger partial charge in [-0.25, -0.2) is 0 Å². The van der Waals surface area contributed by atoms with Crippen LogP contribution < -0.4 is 5.73 Å². The molecule has 0 bridgehead atoms. The first-order chi connectivity index (χ1) is 22.2. The first-order valence-corrected chi connectivity index (χ1v) is 15.5. The molecule has 0 saturated heterocycles. The largest absolute Gasteiger partial charge is 0.396 e. The third-order valence-electron chi connectivity index (χ3n) is 9.82. The summed E-state index contributed by atoms with van der Waals surface area (Å²) < 4.78 is 2.47. The van der Waals surface area contributed by atoms with Gasteiger partial charge in [-0.3, -0.25) is 4.99 Å². The number of nitrogens with two attached hydrogens (primary N) is 1. The smallest absolute Gasteiger partial charge is 0.0939 e. The van der Waals surface area contributed by atoms with Crippen LogP contribution in [-0.4, -0.2) is 10.8 Å². The average Bonchev–Trinajstić information content (AvgIpc) is 3.52. The van der Waals surface area contributed by atoms with Crippen molar-refractivity contribution in [2.24, 2.45) is 10.7 Å². The van der Waals surface area contributed by atoms with Gasteiger partial charge in [0.15, 0.2) is 0 Å². The molecule has 0 aliphatic heterocycles. The van der Waals surface area contributed by atoms with Gasteiger partial charge in [-0.1, -0.05) is 103 Å². The van der Waals surface area contributed by atoms with Crippen molar-refractivity contribution < 1.29 is 0 Å².